The molecule has 2 unspecified atom stereocenters. The van der Waals surface area contributed by atoms with E-state index in [-0.39, 0.29) is 0 Å². The van der Waals surface area contributed by atoms with E-state index >= 15 is 0 Å². The summed E-state index contributed by atoms with van der Waals surface area (Å²) in [7, 11) is 0. The van der Waals surface area contributed by atoms with Crippen LogP contribution in [0.3, 0.4) is 0 Å². The minimum absolute atomic E-state index is 0.303. The summed E-state index contributed by atoms with van der Waals surface area (Å²) in [6.45, 7) is 0. The Kier molecular flexibility index (Phi) is 1.32. The molecule has 0 spiro atoms. The highest BCUT2D eigenvalue weighted by molar-refractivity contribution is 5.95. The van der Waals surface area contributed by atoms with Gasteiger partial charge in [0.15, 0.2) is 0 Å². The number of rotatable bonds is 2. The van der Waals surface area contributed by atoms with Crippen LogP contribution < -0.4 is 0 Å². The highest BCUT2D eigenvalue weighted by Crippen LogP contribution is 2.80. The van der Waals surface area contributed by atoms with E-state index in [1.54, 1.807) is 33.4 Å². The summed E-state index contributed by atoms with van der Waals surface area (Å²) in [5, 5.41) is 0. The fraction of sp³-hybridized carbons (Fsp3) is 0.182. The molecule has 0 nitrogen and oxygen atoms in total. The summed E-state index contributed by atoms with van der Waals surface area (Å²) in [6.07, 6.45) is 2.55. The average Bonchev–Trinajstić information content (AvgIpc) is 3.10. The van der Waals surface area contributed by atoms with Crippen LogP contribution in [0.25, 0.3) is 0 Å². The first-order valence-electron chi connectivity index (χ1n) is 8.24. The van der Waals surface area contributed by atoms with Crippen molar-refractivity contribution in [2.24, 2.45) is 0 Å². The molecule has 3 aromatic rings. The van der Waals surface area contributed by atoms with Crippen molar-refractivity contribution in [3.05, 3.63) is 105 Å². The Morgan fingerprint density at radius 3 is 1.45 bits per heavy atom. The maximum atomic E-state index is 2.33. The first-order chi connectivity index (χ1) is 10.9. The molecule has 0 heterocycles. The Balaban J connectivity index is 1.48. The lowest BCUT2D eigenvalue weighted by atomic mass is 9.43. The van der Waals surface area contributed by atoms with Crippen LogP contribution in [0.15, 0.2) is 60.7 Å². The van der Waals surface area contributed by atoms with Crippen molar-refractivity contribution in [2.45, 2.75) is 23.7 Å². The third-order valence-electron chi connectivity index (χ3n) is 6.77. The molecule has 0 amide bonds. The van der Waals surface area contributed by atoms with Gasteiger partial charge in [0, 0.05) is 0 Å². The summed E-state index contributed by atoms with van der Waals surface area (Å²) >= 11 is 0. The standard InChI is InChI=1S/C22H14/c1-3-7-13(8-4-1)21-11-15-17(21)16-12-22(14-9-5-2-6-10-14)19(16)20(22)18(15)21/h1-10H,11-12H2. The minimum atomic E-state index is 0.303. The van der Waals surface area contributed by atoms with Gasteiger partial charge in [-0.25, -0.2) is 0 Å². The zero-order valence-electron chi connectivity index (χ0n) is 12.2. The summed E-state index contributed by atoms with van der Waals surface area (Å²) in [5.41, 5.74) is 13.9. The molecular formula is C22H14. The SMILES string of the molecule is c1ccc(C23Cc4c2c2c5c(c43)C5(c3ccccc3)C2)cc1. The van der Waals surface area contributed by atoms with Crippen molar-refractivity contribution in [3.8, 4) is 0 Å². The maximum absolute atomic E-state index is 2.33. The van der Waals surface area contributed by atoms with Crippen LogP contribution in [-0.4, -0.2) is 0 Å². The molecule has 2 atom stereocenters. The van der Waals surface area contributed by atoms with Crippen molar-refractivity contribution in [3.63, 3.8) is 0 Å². The molecule has 0 aromatic heterocycles. The molecule has 0 saturated carbocycles. The largest absolute Gasteiger partial charge is 0.0622 e. The van der Waals surface area contributed by atoms with Crippen LogP contribution in [0.2, 0.25) is 0 Å². The lowest BCUT2D eigenvalue weighted by Crippen LogP contribution is -2.54. The van der Waals surface area contributed by atoms with E-state index in [9.17, 15) is 0 Å². The van der Waals surface area contributed by atoms with E-state index in [4.69, 9.17) is 0 Å². The zero-order valence-corrected chi connectivity index (χ0v) is 12.2. The van der Waals surface area contributed by atoms with Gasteiger partial charge in [-0.2, -0.15) is 0 Å². The van der Waals surface area contributed by atoms with Crippen molar-refractivity contribution in [1.29, 1.82) is 0 Å². The quantitative estimate of drug-likeness (QED) is 0.662. The Labute approximate surface area is 129 Å². The second kappa shape index (κ2) is 2.79. The molecule has 0 fully saturated rings. The second-order valence-electron chi connectivity index (χ2n) is 7.35. The molecule has 0 aliphatic heterocycles. The first-order valence-corrected chi connectivity index (χ1v) is 8.24. The normalized spacial score (nSPS) is 29.8. The van der Waals surface area contributed by atoms with Crippen LogP contribution in [0.5, 0.6) is 0 Å². The molecule has 0 heteroatoms. The van der Waals surface area contributed by atoms with Gasteiger partial charge in [-0.3, -0.25) is 0 Å². The molecule has 22 heavy (non-hydrogen) atoms. The number of hydrogen-bond acceptors (Lipinski definition) is 0. The first kappa shape index (κ1) is 10.4. The Bertz CT molecular complexity index is 1010. The van der Waals surface area contributed by atoms with Gasteiger partial charge in [-0.1, -0.05) is 60.7 Å². The van der Waals surface area contributed by atoms with E-state index in [0.717, 1.165) is 0 Å². The molecular weight excluding hydrogens is 264 g/mol. The molecule has 0 N–H and O–H groups in total. The van der Waals surface area contributed by atoms with Crippen molar-refractivity contribution in [2.75, 3.05) is 0 Å². The topological polar surface area (TPSA) is 0 Å². The van der Waals surface area contributed by atoms with Gasteiger partial charge in [0.1, 0.15) is 0 Å². The van der Waals surface area contributed by atoms with Gasteiger partial charge in [0.25, 0.3) is 0 Å². The zero-order chi connectivity index (χ0) is 14.1. The molecule has 0 radical (unpaired) electrons. The Morgan fingerprint density at radius 2 is 0.955 bits per heavy atom. The van der Waals surface area contributed by atoms with E-state index in [1.165, 1.54) is 24.0 Å². The molecule has 9 rings (SSSR count). The number of hydrogen-bond donors (Lipinski definition) is 0. The lowest BCUT2D eigenvalue weighted by Gasteiger charge is -2.59. The van der Waals surface area contributed by atoms with Gasteiger partial charge in [0.05, 0.1) is 10.8 Å². The molecule has 6 aliphatic carbocycles. The summed E-state index contributed by atoms with van der Waals surface area (Å²) in [4.78, 5) is 0. The summed E-state index contributed by atoms with van der Waals surface area (Å²) in [6, 6.07) is 22.3. The van der Waals surface area contributed by atoms with E-state index in [1.807, 2.05) is 0 Å². The van der Waals surface area contributed by atoms with Gasteiger partial charge in [-0.05, 0) is 57.3 Å². The fourth-order valence-corrected chi connectivity index (χ4v) is 5.84. The minimum Gasteiger partial charge on any atom is -0.0622 e. The van der Waals surface area contributed by atoms with E-state index < -0.39 is 0 Å². The van der Waals surface area contributed by atoms with Crippen LogP contribution in [-0.2, 0) is 23.7 Å². The van der Waals surface area contributed by atoms with Crippen molar-refractivity contribution >= 4 is 0 Å². The van der Waals surface area contributed by atoms with Gasteiger partial charge < -0.3 is 0 Å². The monoisotopic (exact) mass is 278 g/mol. The van der Waals surface area contributed by atoms with E-state index in [0.29, 0.717) is 10.8 Å². The third kappa shape index (κ3) is 0.735. The highest BCUT2D eigenvalue weighted by atomic mass is 14.8. The van der Waals surface area contributed by atoms with Crippen molar-refractivity contribution in [1.82, 2.24) is 0 Å². The maximum Gasteiger partial charge on any atom is 0.0504 e. The molecule has 3 aromatic carbocycles. The Morgan fingerprint density at radius 1 is 0.500 bits per heavy atom. The predicted molar refractivity (Wildman–Crippen MR) is 86.5 cm³/mol. The summed E-state index contributed by atoms with van der Waals surface area (Å²) in [5.74, 6) is 0. The fourth-order valence-electron chi connectivity index (χ4n) is 5.84. The smallest absolute Gasteiger partial charge is 0.0504 e. The van der Waals surface area contributed by atoms with Crippen LogP contribution in [0, 0.1) is 0 Å². The molecule has 0 saturated heterocycles. The van der Waals surface area contributed by atoms with Gasteiger partial charge in [0.2, 0.25) is 0 Å². The third-order valence-corrected chi connectivity index (χ3v) is 6.77. The lowest BCUT2D eigenvalue weighted by molar-refractivity contribution is 0.438. The van der Waals surface area contributed by atoms with E-state index in [2.05, 4.69) is 60.7 Å². The molecule has 4 bridgehead atoms. The molecule has 6 aliphatic rings. The highest BCUT2D eigenvalue weighted by Gasteiger charge is 2.75. The summed E-state index contributed by atoms with van der Waals surface area (Å²) < 4.78 is 0. The van der Waals surface area contributed by atoms with Crippen LogP contribution in [0.1, 0.15) is 44.5 Å². The van der Waals surface area contributed by atoms with Crippen molar-refractivity contribution < 1.29 is 0 Å². The number of benzene rings is 3. The van der Waals surface area contributed by atoms with Crippen LogP contribution >= 0.6 is 0 Å². The average molecular weight is 278 g/mol. The van der Waals surface area contributed by atoms with Gasteiger partial charge in [-0.15, -0.1) is 0 Å². The Hall–Kier alpha value is -2.34. The second-order valence-corrected chi connectivity index (χ2v) is 7.35. The van der Waals surface area contributed by atoms with Crippen LogP contribution in [0.4, 0.5) is 0 Å². The molecule has 102 valence electrons. The van der Waals surface area contributed by atoms with Gasteiger partial charge >= 0.3 is 0 Å². The predicted octanol–water partition coefficient (Wildman–Crippen LogP) is 4.09.